The number of nitrogens with two attached hydrogens (primary N) is 1. The Morgan fingerprint density at radius 3 is 1.39 bits per heavy atom. The number of carbonyl (C=O) groups excluding carboxylic acids is 2. The number of anilines is 1. The number of ether oxygens (including phenoxy) is 2. The molecule has 20 heteroatoms. The molecule has 10 rings (SSSR count). The first-order valence-electron chi connectivity index (χ1n) is 25.8. The summed E-state index contributed by atoms with van der Waals surface area (Å²) in [7, 11) is 0. The van der Waals surface area contributed by atoms with Gasteiger partial charge in [-0.25, -0.2) is 23.7 Å². The Hall–Kier alpha value is -9.91. The summed E-state index contributed by atoms with van der Waals surface area (Å²) >= 11 is 12.8. The normalized spacial score (nSPS) is 11.0. The van der Waals surface area contributed by atoms with Crippen LogP contribution in [-0.2, 0) is 12.8 Å². The standard InChI is InChI=1S/C38H29ClFN5O3.C25H21ClFN5O3/c1-24(2)45-23-31(25-13-15-28(40)16-14-25)37(47)36(44-45)32(46)21-29-17-18-30(22-42-29)48-33-19-20-41-38(34(33)39)43-35(26-9-5-3-6-10-26)27-11-7-4-8-12-27;1-14(2)32-13-19(15-3-5-16(27)6-4-15)24(34)23(31-32)20(33)11-17-7-8-18(12-30-17)35-21-9-10-29-25(28)22(21)26/h3-20,22-24H,21H2,1-2H3;3-10,12-14H,11H2,1-2H3,(H2,28,29). The third kappa shape index (κ3) is 14.2. The molecule has 416 valence electrons. The van der Waals surface area contributed by atoms with Crippen molar-refractivity contribution in [1.82, 2.24) is 39.5 Å². The molecule has 0 bridgehead atoms. The van der Waals surface area contributed by atoms with Crippen molar-refractivity contribution in [2.24, 2.45) is 4.99 Å². The van der Waals surface area contributed by atoms with E-state index in [1.54, 1.807) is 64.4 Å². The molecule has 16 nitrogen and oxygen atoms in total. The summed E-state index contributed by atoms with van der Waals surface area (Å²) < 4.78 is 41.7. The number of Topliss-reactive ketones (excluding diaryl/α,β-unsaturated/α-hetero) is 2. The fourth-order valence-corrected chi connectivity index (χ4v) is 8.51. The molecule has 0 saturated carbocycles. The van der Waals surface area contributed by atoms with E-state index >= 15 is 0 Å². The lowest BCUT2D eigenvalue weighted by atomic mass is 10.0. The molecule has 0 spiro atoms. The van der Waals surface area contributed by atoms with E-state index in [0.717, 1.165) is 11.1 Å². The highest BCUT2D eigenvalue weighted by Gasteiger charge is 2.23. The van der Waals surface area contributed by atoms with Gasteiger partial charge in [-0.3, -0.25) is 38.5 Å². The van der Waals surface area contributed by atoms with Gasteiger partial charge in [-0.05, 0) is 87.4 Å². The Labute approximate surface area is 484 Å². The van der Waals surface area contributed by atoms with Gasteiger partial charge in [0.1, 0.15) is 39.0 Å². The molecule has 0 fully saturated rings. The van der Waals surface area contributed by atoms with Crippen molar-refractivity contribution in [2.75, 3.05) is 5.73 Å². The van der Waals surface area contributed by atoms with Crippen molar-refractivity contribution in [3.05, 3.63) is 259 Å². The smallest absolute Gasteiger partial charge is 0.219 e. The Morgan fingerprint density at radius 2 is 0.976 bits per heavy atom. The number of pyridine rings is 4. The topological polar surface area (TPSA) is 212 Å². The highest BCUT2D eigenvalue weighted by atomic mass is 35.5. The number of rotatable bonds is 17. The molecule has 6 aromatic heterocycles. The molecule has 0 saturated heterocycles. The van der Waals surface area contributed by atoms with Crippen LogP contribution in [0.3, 0.4) is 0 Å². The van der Waals surface area contributed by atoms with Crippen LogP contribution in [0.2, 0.25) is 10.0 Å². The van der Waals surface area contributed by atoms with Gasteiger partial charge in [-0.15, -0.1) is 0 Å². The molecule has 0 atom stereocenters. The van der Waals surface area contributed by atoms with Crippen LogP contribution >= 0.6 is 23.2 Å². The van der Waals surface area contributed by atoms with Crippen LogP contribution in [0.15, 0.2) is 197 Å². The molecular formula is C63H50Cl2F2N10O6. The second kappa shape index (κ2) is 26.1. The van der Waals surface area contributed by atoms with E-state index in [4.69, 9.17) is 43.4 Å². The predicted octanol–water partition coefficient (Wildman–Crippen LogP) is 13.3. The minimum Gasteiger partial charge on any atom is -0.454 e. The first kappa shape index (κ1) is 57.8. The van der Waals surface area contributed by atoms with Crippen molar-refractivity contribution in [3.63, 3.8) is 0 Å². The van der Waals surface area contributed by atoms with Gasteiger partial charge in [0.05, 0.1) is 30.9 Å². The van der Waals surface area contributed by atoms with Crippen LogP contribution in [0.4, 0.5) is 20.4 Å². The Kier molecular flexibility index (Phi) is 18.2. The van der Waals surface area contributed by atoms with E-state index in [9.17, 15) is 28.0 Å². The molecule has 0 aliphatic carbocycles. The maximum absolute atomic E-state index is 13.5. The summed E-state index contributed by atoms with van der Waals surface area (Å²) in [4.78, 5) is 74.6. The van der Waals surface area contributed by atoms with Crippen molar-refractivity contribution in [1.29, 1.82) is 0 Å². The number of hydrogen-bond acceptors (Lipinski definition) is 14. The van der Waals surface area contributed by atoms with Crippen LogP contribution in [0.25, 0.3) is 22.3 Å². The van der Waals surface area contributed by atoms with Crippen molar-refractivity contribution < 1.29 is 27.8 Å². The Balaban J connectivity index is 0.000000210. The first-order valence-corrected chi connectivity index (χ1v) is 26.6. The molecule has 4 aromatic carbocycles. The largest absolute Gasteiger partial charge is 0.454 e. The molecule has 0 aliphatic heterocycles. The highest BCUT2D eigenvalue weighted by molar-refractivity contribution is 6.34. The third-order valence-corrected chi connectivity index (χ3v) is 13.3. The molecule has 0 unspecified atom stereocenters. The number of halogens is 4. The predicted molar refractivity (Wildman–Crippen MR) is 314 cm³/mol. The van der Waals surface area contributed by atoms with Gasteiger partial charge in [0, 0.05) is 82.6 Å². The third-order valence-electron chi connectivity index (χ3n) is 12.5. The molecule has 83 heavy (non-hydrogen) atoms. The van der Waals surface area contributed by atoms with Gasteiger partial charge < -0.3 is 15.2 Å². The zero-order valence-electron chi connectivity index (χ0n) is 45.0. The minimum absolute atomic E-state index is 0.107. The zero-order chi connectivity index (χ0) is 58.7. The van der Waals surface area contributed by atoms with Crippen LogP contribution in [0.1, 0.15) is 83.3 Å². The number of carbonyl (C=O) groups is 2. The minimum atomic E-state index is -0.531. The van der Waals surface area contributed by atoms with E-state index in [-0.39, 0.29) is 69.1 Å². The summed E-state index contributed by atoms with van der Waals surface area (Å²) in [6, 6.07) is 40.0. The van der Waals surface area contributed by atoms with E-state index in [1.165, 1.54) is 67.1 Å². The van der Waals surface area contributed by atoms with Gasteiger partial charge in [-0.2, -0.15) is 10.2 Å². The quantitative estimate of drug-likeness (QED) is 0.0665. The second-order valence-corrected chi connectivity index (χ2v) is 19.9. The molecule has 0 radical (unpaired) electrons. The average molecular weight is 1150 g/mol. The lowest BCUT2D eigenvalue weighted by Crippen LogP contribution is -2.25. The average Bonchev–Trinajstić information content (AvgIpc) is 3.56. The number of ketones is 2. The van der Waals surface area contributed by atoms with Gasteiger partial charge >= 0.3 is 0 Å². The van der Waals surface area contributed by atoms with Crippen LogP contribution in [0, 0.1) is 11.6 Å². The van der Waals surface area contributed by atoms with E-state index in [0.29, 0.717) is 51.2 Å². The molecule has 6 heterocycles. The lowest BCUT2D eigenvalue weighted by Gasteiger charge is -2.13. The summed E-state index contributed by atoms with van der Waals surface area (Å²) in [6.07, 6.45) is 8.77. The highest BCUT2D eigenvalue weighted by Crippen LogP contribution is 2.36. The monoisotopic (exact) mass is 1150 g/mol. The summed E-state index contributed by atoms with van der Waals surface area (Å²) in [5, 5.41) is 8.98. The van der Waals surface area contributed by atoms with E-state index < -0.39 is 34.1 Å². The van der Waals surface area contributed by atoms with Crippen molar-refractivity contribution in [2.45, 2.75) is 52.6 Å². The molecule has 10 aromatic rings. The van der Waals surface area contributed by atoms with Gasteiger partial charge in [-0.1, -0.05) is 108 Å². The number of benzene rings is 4. The Morgan fingerprint density at radius 1 is 0.554 bits per heavy atom. The fourth-order valence-electron chi connectivity index (χ4n) is 8.17. The zero-order valence-corrected chi connectivity index (χ0v) is 46.5. The summed E-state index contributed by atoms with van der Waals surface area (Å²) in [6.45, 7) is 7.53. The molecule has 0 aliphatic rings. The molecule has 2 N–H and O–H groups in total. The first-order chi connectivity index (χ1) is 40.0. The number of nitrogens with zero attached hydrogens (tertiary/aromatic N) is 9. The number of nitrogen functional groups attached to an aromatic ring is 1. The van der Waals surface area contributed by atoms with Gasteiger partial charge in [0.15, 0.2) is 40.3 Å². The lowest BCUT2D eigenvalue weighted by molar-refractivity contribution is 0.0975. The van der Waals surface area contributed by atoms with Crippen LogP contribution in [-0.4, -0.2) is 56.8 Å². The van der Waals surface area contributed by atoms with Crippen molar-refractivity contribution >= 4 is 52.1 Å². The number of aliphatic imine (C=N–C) groups is 1. The van der Waals surface area contributed by atoms with Crippen LogP contribution < -0.4 is 26.1 Å². The summed E-state index contributed by atoms with van der Waals surface area (Å²) in [5.74, 6) is 0.00563. The molecular weight excluding hydrogens is 1100 g/mol. The van der Waals surface area contributed by atoms with Gasteiger partial charge in [0.2, 0.25) is 10.9 Å². The fraction of sp³-hybridized carbons (Fsp3) is 0.127. The number of aromatic nitrogens is 8. The van der Waals surface area contributed by atoms with Crippen molar-refractivity contribution in [3.8, 4) is 45.3 Å². The van der Waals surface area contributed by atoms with E-state index in [1.807, 2.05) is 88.4 Å². The summed E-state index contributed by atoms with van der Waals surface area (Å²) in [5.41, 5.74) is 9.07. The van der Waals surface area contributed by atoms with E-state index in [2.05, 4.69) is 30.1 Å². The molecule has 0 amide bonds. The van der Waals surface area contributed by atoms with Crippen LogP contribution in [0.5, 0.6) is 23.0 Å². The number of hydrogen-bond donors (Lipinski definition) is 1. The maximum atomic E-state index is 13.5. The Bertz CT molecular complexity index is 4070. The SMILES string of the molecule is CC(C)n1cc(-c2ccc(F)cc2)c(=O)c(C(=O)Cc2ccc(Oc3ccnc(N)c3Cl)cn2)n1.CC(C)n1cc(-c2ccc(F)cc2)c(=O)c(C(=O)Cc2ccc(Oc3ccnc(N=C(c4ccccc4)c4ccccc4)c3Cl)cn2)n1. The second-order valence-electron chi connectivity index (χ2n) is 19.1. The van der Waals surface area contributed by atoms with Gasteiger partial charge in [0.25, 0.3) is 0 Å². The maximum Gasteiger partial charge on any atom is 0.219 e.